The van der Waals surface area contributed by atoms with Crippen molar-refractivity contribution >= 4 is 17.4 Å². The third kappa shape index (κ3) is 4.97. The summed E-state index contributed by atoms with van der Waals surface area (Å²) in [6, 6.07) is 16.9. The predicted octanol–water partition coefficient (Wildman–Crippen LogP) is 1.68. The minimum Gasteiger partial charge on any atom is -0.386 e. The lowest BCUT2D eigenvalue weighted by Gasteiger charge is -2.34. The molecule has 1 fully saturated rings. The van der Waals surface area contributed by atoms with Crippen molar-refractivity contribution in [2.24, 2.45) is 0 Å². The summed E-state index contributed by atoms with van der Waals surface area (Å²) in [4.78, 5) is 4.93. The summed E-state index contributed by atoms with van der Waals surface area (Å²) < 4.78 is 13.0. The third-order valence-corrected chi connectivity index (χ3v) is 5.53. The molecule has 0 amide bonds. The molecular weight excluding hydrogens is 323 g/mol. The third-order valence-electron chi connectivity index (χ3n) is 4.37. The number of aliphatic hydroxyl groups is 1. The van der Waals surface area contributed by atoms with Gasteiger partial charge in [0.15, 0.2) is 0 Å². The van der Waals surface area contributed by atoms with Crippen LogP contribution in [0.4, 0.5) is 10.1 Å². The van der Waals surface area contributed by atoms with Crippen LogP contribution in [-0.2, 0) is 0 Å². The highest BCUT2D eigenvalue weighted by molar-refractivity contribution is 7.99. The number of anilines is 1. The highest BCUT2D eigenvalue weighted by Gasteiger charge is 2.22. The van der Waals surface area contributed by atoms with Crippen LogP contribution in [0.2, 0.25) is 0 Å². The Morgan fingerprint density at radius 2 is 1.71 bits per heavy atom. The van der Waals surface area contributed by atoms with Gasteiger partial charge in [-0.2, -0.15) is 0 Å². The maximum Gasteiger partial charge on any atom is 0.123 e. The van der Waals surface area contributed by atoms with E-state index in [2.05, 4.69) is 17.0 Å². The van der Waals surface area contributed by atoms with Crippen LogP contribution in [0.25, 0.3) is 0 Å². The lowest BCUT2D eigenvalue weighted by atomic mass is 10.2. The second-order valence-electron chi connectivity index (χ2n) is 6.20. The van der Waals surface area contributed by atoms with Gasteiger partial charge in [-0.3, -0.25) is 0 Å². The molecule has 5 heteroatoms. The van der Waals surface area contributed by atoms with E-state index >= 15 is 0 Å². The SMILES string of the molecule is O[C@H](CSc1ccccc1)C[NH+]1CCN(c2ccc(F)cc2)CC1. The minimum absolute atomic E-state index is 0.193. The van der Waals surface area contributed by atoms with Gasteiger partial charge < -0.3 is 14.9 Å². The summed E-state index contributed by atoms with van der Waals surface area (Å²) in [6.07, 6.45) is -0.289. The molecule has 1 aliphatic rings. The van der Waals surface area contributed by atoms with E-state index in [0.717, 1.165) is 44.2 Å². The van der Waals surface area contributed by atoms with Crippen LogP contribution >= 0.6 is 11.8 Å². The topological polar surface area (TPSA) is 27.9 Å². The number of thioether (sulfide) groups is 1. The number of nitrogens with one attached hydrogen (secondary N) is 1. The van der Waals surface area contributed by atoms with Crippen molar-refractivity contribution in [1.29, 1.82) is 0 Å². The number of piperazine rings is 1. The molecular formula is C19H24FN2OS+. The minimum atomic E-state index is -0.289. The van der Waals surface area contributed by atoms with Gasteiger partial charge in [0.05, 0.1) is 26.2 Å². The normalized spacial score (nSPS) is 17.0. The number of quaternary nitrogens is 1. The largest absolute Gasteiger partial charge is 0.386 e. The molecule has 1 saturated heterocycles. The zero-order valence-electron chi connectivity index (χ0n) is 13.7. The first-order chi connectivity index (χ1) is 11.7. The summed E-state index contributed by atoms with van der Waals surface area (Å²) in [5.74, 6) is 0.539. The van der Waals surface area contributed by atoms with E-state index in [1.165, 1.54) is 21.9 Å². The van der Waals surface area contributed by atoms with Gasteiger partial charge in [0.25, 0.3) is 0 Å². The van der Waals surface area contributed by atoms with Crippen LogP contribution in [0.3, 0.4) is 0 Å². The Hall–Kier alpha value is -1.56. The van der Waals surface area contributed by atoms with Crippen molar-refractivity contribution in [3.05, 3.63) is 60.4 Å². The molecule has 2 aromatic rings. The molecule has 24 heavy (non-hydrogen) atoms. The summed E-state index contributed by atoms with van der Waals surface area (Å²) >= 11 is 1.71. The summed E-state index contributed by atoms with van der Waals surface area (Å²) in [7, 11) is 0. The summed E-state index contributed by atoms with van der Waals surface area (Å²) in [5, 5.41) is 10.3. The fourth-order valence-corrected chi connectivity index (χ4v) is 3.89. The van der Waals surface area contributed by atoms with E-state index < -0.39 is 0 Å². The molecule has 2 aromatic carbocycles. The van der Waals surface area contributed by atoms with Crippen LogP contribution in [0.1, 0.15) is 0 Å². The zero-order chi connectivity index (χ0) is 16.8. The first-order valence-corrected chi connectivity index (χ1v) is 9.39. The van der Waals surface area contributed by atoms with Crippen LogP contribution < -0.4 is 9.80 Å². The number of benzene rings is 2. The van der Waals surface area contributed by atoms with Crippen molar-refractivity contribution in [3.63, 3.8) is 0 Å². The molecule has 0 radical (unpaired) electrons. The first-order valence-electron chi connectivity index (χ1n) is 8.41. The maximum absolute atomic E-state index is 13.0. The smallest absolute Gasteiger partial charge is 0.123 e. The van der Waals surface area contributed by atoms with E-state index in [9.17, 15) is 9.50 Å². The Kier molecular flexibility index (Phi) is 6.12. The van der Waals surface area contributed by atoms with Crippen molar-refractivity contribution < 1.29 is 14.4 Å². The Morgan fingerprint density at radius 1 is 1.04 bits per heavy atom. The van der Waals surface area contributed by atoms with E-state index in [4.69, 9.17) is 0 Å². The molecule has 2 N–H and O–H groups in total. The lowest BCUT2D eigenvalue weighted by Crippen LogP contribution is -3.15. The molecule has 0 aromatic heterocycles. The van der Waals surface area contributed by atoms with Gasteiger partial charge in [0.2, 0.25) is 0 Å². The van der Waals surface area contributed by atoms with Crippen molar-refractivity contribution in [3.8, 4) is 0 Å². The van der Waals surface area contributed by atoms with Gasteiger partial charge in [0.1, 0.15) is 18.5 Å². The number of nitrogens with zero attached hydrogens (tertiary/aromatic N) is 1. The Labute approximate surface area is 147 Å². The van der Waals surface area contributed by atoms with Crippen molar-refractivity contribution in [2.45, 2.75) is 11.0 Å². The number of hydrogen-bond donors (Lipinski definition) is 2. The first kappa shape index (κ1) is 17.3. The molecule has 1 aliphatic heterocycles. The standard InChI is InChI=1S/C19H23FN2OS/c20-16-6-8-17(9-7-16)22-12-10-21(11-13-22)14-18(23)15-24-19-4-2-1-3-5-19/h1-9,18,23H,10-15H2/p+1/t18-/m0/s1. The van der Waals surface area contributed by atoms with Gasteiger partial charge in [0, 0.05) is 16.3 Å². The second kappa shape index (κ2) is 8.51. The molecule has 1 heterocycles. The molecule has 0 aliphatic carbocycles. The fraction of sp³-hybridized carbons (Fsp3) is 0.368. The molecule has 3 nitrogen and oxygen atoms in total. The van der Waals surface area contributed by atoms with Gasteiger partial charge in [-0.25, -0.2) is 4.39 Å². The Balaban J connectivity index is 1.41. The Morgan fingerprint density at radius 3 is 2.38 bits per heavy atom. The quantitative estimate of drug-likeness (QED) is 0.779. The lowest BCUT2D eigenvalue weighted by molar-refractivity contribution is -0.903. The molecule has 0 unspecified atom stereocenters. The van der Waals surface area contributed by atoms with Crippen molar-refractivity contribution in [2.75, 3.05) is 43.4 Å². The highest BCUT2D eigenvalue weighted by atomic mass is 32.2. The van der Waals surface area contributed by atoms with Crippen LogP contribution in [0, 0.1) is 5.82 Å². The molecule has 0 spiro atoms. The average molecular weight is 347 g/mol. The predicted molar refractivity (Wildman–Crippen MR) is 97.3 cm³/mol. The zero-order valence-corrected chi connectivity index (χ0v) is 14.5. The molecule has 1 atom stereocenters. The fourth-order valence-electron chi connectivity index (χ4n) is 3.04. The number of rotatable bonds is 6. The highest BCUT2D eigenvalue weighted by Crippen LogP contribution is 2.17. The van der Waals surface area contributed by atoms with E-state index in [-0.39, 0.29) is 11.9 Å². The van der Waals surface area contributed by atoms with Gasteiger partial charge in [-0.1, -0.05) is 18.2 Å². The summed E-state index contributed by atoms with van der Waals surface area (Å²) in [6.45, 7) is 4.69. The molecule has 128 valence electrons. The summed E-state index contributed by atoms with van der Waals surface area (Å²) in [5.41, 5.74) is 1.08. The molecule has 3 rings (SSSR count). The van der Waals surface area contributed by atoms with E-state index in [0.29, 0.717) is 0 Å². The van der Waals surface area contributed by atoms with Crippen LogP contribution in [0.5, 0.6) is 0 Å². The van der Waals surface area contributed by atoms with Crippen LogP contribution in [-0.4, -0.2) is 49.7 Å². The number of aliphatic hydroxyl groups excluding tert-OH is 1. The average Bonchev–Trinajstić information content (AvgIpc) is 2.62. The number of hydrogen-bond acceptors (Lipinski definition) is 3. The molecule has 0 saturated carbocycles. The molecule has 0 bridgehead atoms. The Bertz CT molecular complexity index is 615. The number of halogens is 1. The van der Waals surface area contributed by atoms with Gasteiger partial charge in [-0.05, 0) is 36.4 Å². The monoisotopic (exact) mass is 347 g/mol. The van der Waals surface area contributed by atoms with Crippen molar-refractivity contribution in [1.82, 2.24) is 0 Å². The second-order valence-corrected chi connectivity index (χ2v) is 7.29. The van der Waals surface area contributed by atoms with E-state index in [1.807, 2.05) is 30.3 Å². The maximum atomic E-state index is 13.0. The van der Waals surface area contributed by atoms with E-state index in [1.54, 1.807) is 11.8 Å². The van der Waals surface area contributed by atoms with Gasteiger partial charge >= 0.3 is 0 Å². The van der Waals surface area contributed by atoms with Gasteiger partial charge in [-0.15, -0.1) is 11.8 Å². The van der Waals surface area contributed by atoms with Crippen LogP contribution in [0.15, 0.2) is 59.5 Å².